The van der Waals surface area contributed by atoms with Gasteiger partial charge in [0.25, 0.3) is 0 Å². The smallest absolute Gasteiger partial charge is 0.414 e. The Morgan fingerprint density at radius 1 is 1.16 bits per heavy atom. The van der Waals surface area contributed by atoms with Gasteiger partial charge in [-0.25, -0.2) is 9.78 Å². The molecule has 37 heavy (non-hydrogen) atoms. The molecule has 2 aromatic carbocycles. The summed E-state index contributed by atoms with van der Waals surface area (Å²) in [5.41, 5.74) is 5.02. The van der Waals surface area contributed by atoms with Crippen LogP contribution in [0.15, 0.2) is 36.4 Å². The van der Waals surface area contributed by atoms with E-state index in [0.29, 0.717) is 24.4 Å². The van der Waals surface area contributed by atoms with Crippen molar-refractivity contribution in [2.45, 2.75) is 57.5 Å². The van der Waals surface area contributed by atoms with Crippen LogP contribution in [-0.2, 0) is 16.0 Å². The van der Waals surface area contributed by atoms with Crippen LogP contribution in [0.25, 0.3) is 11.0 Å². The van der Waals surface area contributed by atoms with E-state index >= 15 is 0 Å². The van der Waals surface area contributed by atoms with E-state index in [0.717, 1.165) is 53.7 Å². The highest BCUT2D eigenvalue weighted by Crippen LogP contribution is 2.43. The number of benzene rings is 2. The Balaban J connectivity index is 1.68. The van der Waals surface area contributed by atoms with E-state index in [9.17, 15) is 20.0 Å². The first-order valence-corrected chi connectivity index (χ1v) is 12.7. The first-order valence-electron chi connectivity index (χ1n) is 12.7. The van der Waals surface area contributed by atoms with Crippen molar-refractivity contribution in [3.8, 4) is 6.07 Å². The number of hydrogen-bond acceptors (Lipinski definition) is 6. The zero-order chi connectivity index (χ0) is 26.3. The van der Waals surface area contributed by atoms with Crippen molar-refractivity contribution in [1.82, 2.24) is 9.55 Å². The van der Waals surface area contributed by atoms with Gasteiger partial charge in [-0.2, -0.15) is 5.26 Å². The van der Waals surface area contributed by atoms with E-state index in [1.807, 2.05) is 43.1 Å². The van der Waals surface area contributed by atoms with Crippen LogP contribution in [0.1, 0.15) is 56.2 Å². The van der Waals surface area contributed by atoms with E-state index in [-0.39, 0.29) is 12.1 Å². The predicted molar refractivity (Wildman–Crippen MR) is 140 cm³/mol. The van der Waals surface area contributed by atoms with Crippen molar-refractivity contribution in [1.29, 1.82) is 5.26 Å². The standard InChI is InChI=1S/C28H31N5O4/c1-17-7-12-22-23(32(17)28(36)37-3)13-14-24-25(22)30-27(31(2)20-10-8-18(16-29)9-11-20)33(24)21-6-4-5-19(15-21)26(34)35/h8-11,13-14,17,19,21H,4-7,12,15H2,1-3H3,(H,34,35)/t17?,19-,21-/m1/s1. The number of nitrogens with zero attached hydrogens (tertiary/aromatic N) is 5. The molecule has 9 nitrogen and oxygen atoms in total. The number of aliphatic carboxylic acids is 1. The van der Waals surface area contributed by atoms with Crippen LogP contribution in [0.5, 0.6) is 0 Å². The normalized spacial score (nSPS) is 21.2. The first kappa shape index (κ1) is 24.6. The summed E-state index contributed by atoms with van der Waals surface area (Å²) in [5.74, 6) is -0.429. The van der Waals surface area contributed by atoms with E-state index in [4.69, 9.17) is 9.72 Å². The van der Waals surface area contributed by atoms with Crippen molar-refractivity contribution >= 4 is 40.4 Å². The van der Waals surface area contributed by atoms with Crippen LogP contribution in [0.2, 0.25) is 0 Å². The molecule has 2 aliphatic rings. The molecular formula is C28H31N5O4. The highest BCUT2D eigenvalue weighted by atomic mass is 16.5. The number of ether oxygens (including phenoxy) is 1. The lowest BCUT2D eigenvalue weighted by Crippen LogP contribution is -2.42. The minimum absolute atomic E-state index is 0.00921. The van der Waals surface area contributed by atoms with Crippen LogP contribution in [-0.4, -0.2) is 46.9 Å². The molecule has 2 heterocycles. The van der Waals surface area contributed by atoms with Gasteiger partial charge in [0.1, 0.15) is 0 Å². The van der Waals surface area contributed by atoms with E-state index in [1.54, 1.807) is 17.0 Å². The monoisotopic (exact) mass is 501 g/mol. The number of carboxylic acid groups (broad SMARTS) is 1. The molecule has 1 N–H and O–H groups in total. The summed E-state index contributed by atoms with van der Waals surface area (Å²) >= 11 is 0. The highest BCUT2D eigenvalue weighted by molar-refractivity contribution is 5.96. The Hall–Kier alpha value is -4.06. The SMILES string of the molecule is COC(=O)N1c2ccc3c(nc(N(C)c4ccc(C#N)cc4)n3[C@@H]3CCC[C@@H](C(=O)O)C3)c2CCC1C. The molecule has 3 aromatic rings. The summed E-state index contributed by atoms with van der Waals surface area (Å²) in [7, 11) is 3.33. The molecule has 1 saturated carbocycles. The average molecular weight is 502 g/mol. The van der Waals surface area contributed by atoms with Crippen molar-refractivity contribution < 1.29 is 19.4 Å². The third kappa shape index (κ3) is 4.26. The molecule has 0 bridgehead atoms. The molecule has 192 valence electrons. The maximum Gasteiger partial charge on any atom is 0.414 e. The Bertz CT molecular complexity index is 1390. The third-order valence-corrected chi connectivity index (χ3v) is 7.85. The van der Waals surface area contributed by atoms with Gasteiger partial charge in [0.05, 0.1) is 41.4 Å². The number of methoxy groups -OCH3 is 1. The van der Waals surface area contributed by atoms with Gasteiger partial charge in [0.2, 0.25) is 5.95 Å². The zero-order valence-corrected chi connectivity index (χ0v) is 21.3. The number of fused-ring (bicyclic) bond motifs is 3. The van der Waals surface area contributed by atoms with Crippen molar-refractivity contribution in [3.63, 3.8) is 0 Å². The van der Waals surface area contributed by atoms with E-state index < -0.39 is 18.0 Å². The summed E-state index contributed by atoms with van der Waals surface area (Å²) in [6.07, 6.45) is 4.10. The number of anilines is 3. The van der Waals surface area contributed by atoms with Crippen LogP contribution >= 0.6 is 0 Å². The number of carbonyl (C=O) groups excluding carboxylic acids is 1. The zero-order valence-electron chi connectivity index (χ0n) is 21.3. The van der Waals surface area contributed by atoms with E-state index in [2.05, 4.69) is 10.6 Å². The largest absolute Gasteiger partial charge is 0.481 e. The first-order chi connectivity index (χ1) is 17.8. The van der Waals surface area contributed by atoms with Gasteiger partial charge in [0, 0.05) is 30.4 Å². The number of nitriles is 1. The topological polar surface area (TPSA) is 112 Å². The second kappa shape index (κ2) is 9.77. The second-order valence-corrected chi connectivity index (χ2v) is 10.0. The molecule has 5 rings (SSSR count). The van der Waals surface area contributed by atoms with Crippen molar-refractivity contribution in [2.24, 2.45) is 5.92 Å². The van der Waals surface area contributed by atoms with Gasteiger partial charge in [-0.1, -0.05) is 6.42 Å². The number of aryl methyl sites for hydroxylation is 1. The number of carbonyl (C=O) groups is 2. The Morgan fingerprint density at radius 2 is 1.92 bits per heavy atom. The van der Waals surface area contributed by atoms with Crippen LogP contribution in [0, 0.1) is 17.2 Å². The van der Waals surface area contributed by atoms with Crippen LogP contribution in [0.3, 0.4) is 0 Å². The molecule has 3 atom stereocenters. The van der Waals surface area contributed by atoms with Crippen LogP contribution in [0.4, 0.5) is 22.1 Å². The van der Waals surface area contributed by atoms with Gasteiger partial charge in [0.15, 0.2) is 0 Å². The molecule has 1 fully saturated rings. The number of rotatable bonds is 4. The third-order valence-electron chi connectivity index (χ3n) is 7.85. The number of aromatic nitrogens is 2. The second-order valence-electron chi connectivity index (χ2n) is 10.0. The summed E-state index contributed by atoms with van der Waals surface area (Å²) in [6, 6.07) is 13.4. The maximum atomic E-state index is 12.6. The Kier molecular flexibility index (Phi) is 6.50. The fourth-order valence-electron chi connectivity index (χ4n) is 5.86. The fraction of sp³-hybridized carbons (Fsp3) is 0.429. The minimum atomic E-state index is -0.754. The molecule has 1 aliphatic heterocycles. The quantitative estimate of drug-likeness (QED) is 0.509. The van der Waals surface area contributed by atoms with Gasteiger partial charge >= 0.3 is 12.1 Å². The van der Waals surface area contributed by atoms with Gasteiger partial charge < -0.3 is 19.3 Å². The highest BCUT2D eigenvalue weighted by Gasteiger charge is 2.35. The summed E-state index contributed by atoms with van der Waals surface area (Å²) in [4.78, 5) is 33.3. The minimum Gasteiger partial charge on any atom is -0.481 e. The molecule has 9 heteroatoms. The number of hydrogen-bond donors (Lipinski definition) is 1. The Labute approximate surface area is 215 Å². The lowest BCUT2D eigenvalue weighted by molar-refractivity contribution is -0.143. The molecule has 0 saturated heterocycles. The average Bonchev–Trinajstić information content (AvgIpc) is 3.32. The molecule has 1 aliphatic carbocycles. The predicted octanol–water partition coefficient (Wildman–Crippen LogP) is 5.40. The van der Waals surface area contributed by atoms with Crippen molar-refractivity contribution in [3.05, 3.63) is 47.5 Å². The van der Waals surface area contributed by atoms with Gasteiger partial charge in [-0.15, -0.1) is 0 Å². The fourth-order valence-corrected chi connectivity index (χ4v) is 5.86. The molecule has 1 aromatic heterocycles. The molecule has 1 unspecified atom stereocenters. The summed E-state index contributed by atoms with van der Waals surface area (Å²) in [6.45, 7) is 2.01. The lowest BCUT2D eigenvalue weighted by atomic mass is 9.85. The molecule has 0 radical (unpaired) electrons. The molecular weight excluding hydrogens is 470 g/mol. The summed E-state index contributed by atoms with van der Waals surface area (Å²) in [5, 5.41) is 19.0. The number of imidazole rings is 1. The number of carboxylic acids is 1. The Morgan fingerprint density at radius 3 is 2.59 bits per heavy atom. The lowest BCUT2D eigenvalue weighted by Gasteiger charge is -2.34. The van der Waals surface area contributed by atoms with Crippen molar-refractivity contribution in [2.75, 3.05) is 24.0 Å². The van der Waals surface area contributed by atoms with E-state index in [1.165, 1.54) is 7.11 Å². The summed E-state index contributed by atoms with van der Waals surface area (Å²) < 4.78 is 7.26. The molecule has 1 amide bonds. The van der Waals surface area contributed by atoms with Gasteiger partial charge in [-0.3, -0.25) is 9.69 Å². The molecule has 0 spiro atoms. The van der Waals surface area contributed by atoms with Gasteiger partial charge in [-0.05, 0) is 75.4 Å². The number of amides is 1. The van der Waals surface area contributed by atoms with Crippen LogP contribution < -0.4 is 9.80 Å². The maximum absolute atomic E-state index is 12.6.